The zero-order valence-electron chi connectivity index (χ0n) is 13.1. The molecule has 0 atom stereocenters. The lowest BCUT2D eigenvalue weighted by Gasteiger charge is -2.22. The minimum absolute atomic E-state index is 0. The number of nitrogens with one attached hydrogen (secondary N) is 3. The first kappa shape index (κ1) is 19.3. The van der Waals surface area contributed by atoms with Crippen molar-refractivity contribution in [1.29, 1.82) is 0 Å². The number of benzene rings is 1. The van der Waals surface area contributed by atoms with Crippen LogP contribution in [0.15, 0.2) is 24.3 Å². The van der Waals surface area contributed by atoms with Gasteiger partial charge in [0, 0.05) is 18.7 Å². The second-order valence-corrected chi connectivity index (χ2v) is 5.69. The second kappa shape index (κ2) is 10.1. The highest BCUT2D eigenvalue weighted by molar-refractivity contribution is 5.90. The van der Waals surface area contributed by atoms with E-state index in [1.807, 2.05) is 24.3 Å². The Bertz CT molecular complexity index is 501. The minimum atomic E-state index is -0.546. The fraction of sp³-hybridized carbons (Fsp3) is 0.500. The van der Waals surface area contributed by atoms with Crippen LogP contribution in [-0.4, -0.2) is 25.0 Å². The van der Waals surface area contributed by atoms with Gasteiger partial charge in [-0.2, -0.15) is 0 Å². The van der Waals surface area contributed by atoms with Crippen molar-refractivity contribution in [3.05, 3.63) is 29.8 Å². The summed E-state index contributed by atoms with van der Waals surface area (Å²) in [6, 6.07) is 6.84. The van der Waals surface area contributed by atoms with Gasteiger partial charge in [-0.3, -0.25) is 4.79 Å². The number of rotatable bonds is 6. The van der Waals surface area contributed by atoms with Crippen LogP contribution < -0.4 is 21.7 Å². The zero-order valence-corrected chi connectivity index (χ0v) is 14.0. The Hall–Kier alpha value is -1.79. The molecule has 3 amide bonds. The molecule has 0 radical (unpaired) electrons. The van der Waals surface area contributed by atoms with Crippen molar-refractivity contribution in [2.75, 3.05) is 18.4 Å². The van der Waals surface area contributed by atoms with Crippen LogP contribution >= 0.6 is 12.4 Å². The van der Waals surface area contributed by atoms with Crippen molar-refractivity contribution in [3.63, 3.8) is 0 Å². The third kappa shape index (κ3) is 7.34. The molecule has 5 N–H and O–H groups in total. The van der Waals surface area contributed by atoms with Crippen LogP contribution in [0.3, 0.4) is 0 Å². The molecule has 1 aliphatic heterocycles. The van der Waals surface area contributed by atoms with E-state index >= 15 is 0 Å². The van der Waals surface area contributed by atoms with Crippen LogP contribution in [0.1, 0.15) is 31.2 Å². The number of amides is 3. The van der Waals surface area contributed by atoms with E-state index in [0.29, 0.717) is 18.9 Å². The number of primary amides is 1. The molecule has 1 fully saturated rings. The van der Waals surface area contributed by atoms with Gasteiger partial charge in [-0.25, -0.2) is 4.79 Å². The third-order valence-corrected chi connectivity index (χ3v) is 3.94. The summed E-state index contributed by atoms with van der Waals surface area (Å²) in [6.07, 6.45) is 3.84. The first-order chi connectivity index (χ1) is 10.6. The van der Waals surface area contributed by atoms with Crippen LogP contribution in [0, 0.1) is 5.92 Å². The molecule has 0 bridgehead atoms. The second-order valence-electron chi connectivity index (χ2n) is 5.69. The van der Waals surface area contributed by atoms with E-state index in [0.717, 1.165) is 43.6 Å². The molecule has 1 heterocycles. The van der Waals surface area contributed by atoms with Gasteiger partial charge in [0.2, 0.25) is 5.91 Å². The molecule has 0 spiro atoms. The summed E-state index contributed by atoms with van der Waals surface area (Å²) in [5.74, 6) is 0.718. The number of halogens is 1. The molecule has 1 aliphatic rings. The fourth-order valence-electron chi connectivity index (χ4n) is 2.62. The van der Waals surface area contributed by atoms with E-state index in [4.69, 9.17) is 5.73 Å². The van der Waals surface area contributed by atoms with Crippen molar-refractivity contribution in [1.82, 2.24) is 10.6 Å². The number of anilines is 1. The molecule has 0 aromatic heterocycles. The van der Waals surface area contributed by atoms with Crippen LogP contribution in [0.25, 0.3) is 0 Å². The number of nitrogens with two attached hydrogens (primary N) is 1. The van der Waals surface area contributed by atoms with E-state index in [1.165, 1.54) is 0 Å². The number of piperidine rings is 1. The Labute approximate surface area is 143 Å². The molecule has 1 aromatic rings. The van der Waals surface area contributed by atoms with Crippen molar-refractivity contribution in [2.24, 2.45) is 11.7 Å². The zero-order chi connectivity index (χ0) is 15.8. The molecule has 1 aromatic carbocycles. The van der Waals surface area contributed by atoms with E-state index in [-0.39, 0.29) is 18.3 Å². The van der Waals surface area contributed by atoms with Gasteiger partial charge >= 0.3 is 6.03 Å². The fourth-order valence-corrected chi connectivity index (χ4v) is 2.62. The predicted octanol–water partition coefficient (Wildman–Crippen LogP) is 1.99. The molecule has 2 rings (SSSR count). The Morgan fingerprint density at radius 3 is 2.43 bits per heavy atom. The van der Waals surface area contributed by atoms with E-state index in [9.17, 15) is 9.59 Å². The van der Waals surface area contributed by atoms with Crippen molar-refractivity contribution in [3.8, 4) is 0 Å². The summed E-state index contributed by atoms with van der Waals surface area (Å²) in [7, 11) is 0. The molecule has 7 heteroatoms. The molecule has 23 heavy (non-hydrogen) atoms. The lowest BCUT2D eigenvalue weighted by atomic mass is 9.93. The van der Waals surface area contributed by atoms with Crippen LogP contribution in [-0.2, 0) is 11.3 Å². The number of carbonyl (C=O) groups excluding carboxylic acids is 2. The Balaban J connectivity index is 0.00000264. The molecular weight excluding hydrogens is 316 g/mol. The summed E-state index contributed by atoms with van der Waals surface area (Å²) in [5.41, 5.74) is 6.73. The van der Waals surface area contributed by atoms with Crippen molar-refractivity contribution < 1.29 is 9.59 Å². The quantitative estimate of drug-likeness (QED) is 0.637. The summed E-state index contributed by atoms with van der Waals surface area (Å²) in [4.78, 5) is 22.6. The van der Waals surface area contributed by atoms with Gasteiger partial charge in [0.15, 0.2) is 0 Å². The minimum Gasteiger partial charge on any atom is -0.352 e. The maximum Gasteiger partial charge on any atom is 0.312 e. The standard InChI is InChI=1S/C16H24N4O2.ClH/c17-16(22)19-11-13-1-4-14(5-2-13)20-15(21)6-3-12-7-9-18-10-8-12;/h1-2,4-5,12,18H,3,6-11H2,(H,20,21)(H3,17,19,22);1H. The molecule has 128 valence electrons. The lowest BCUT2D eigenvalue weighted by molar-refractivity contribution is -0.116. The smallest absolute Gasteiger partial charge is 0.312 e. The number of hydrogen-bond donors (Lipinski definition) is 4. The maximum absolute atomic E-state index is 12.0. The van der Waals surface area contributed by atoms with Gasteiger partial charge in [-0.15, -0.1) is 12.4 Å². The summed E-state index contributed by atoms with van der Waals surface area (Å²) in [6.45, 7) is 2.51. The molecule has 0 aliphatic carbocycles. The van der Waals surface area contributed by atoms with Crippen molar-refractivity contribution in [2.45, 2.75) is 32.2 Å². The van der Waals surface area contributed by atoms with Crippen LogP contribution in [0.2, 0.25) is 0 Å². The SMILES string of the molecule is Cl.NC(=O)NCc1ccc(NC(=O)CCC2CCNCC2)cc1. The Kier molecular flexibility index (Phi) is 8.43. The monoisotopic (exact) mass is 340 g/mol. The van der Waals surface area contributed by atoms with Gasteiger partial charge in [0.05, 0.1) is 0 Å². The molecule has 0 unspecified atom stereocenters. The summed E-state index contributed by atoms with van der Waals surface area (Å²) >= 11 is 0. The van der Waals surface area contributed by atoms with Crippen molar-refractivity contribution >= 4 is 30.0 Å². The largest absolute Gasteiger partial charge is 0.352 e. The predicted molar refractivity (Wildman–Crippen MR) is 93.6 cm³/mol. The van der Waals surface area contributed by atoms with E-state index in [1.54, 1.807) is 0 Å². The highest BCUT2D eigenvalue weighted by atomic mass is 35.5. The van der Waals surface area contributed by atoms with Gasteiger partial charge in [-0.1, -0.05) is 12.1 Å². The van der Waals surface area contributed by atoms with Gasteiger partial charge in [0.25, 0.3) is 0 Å². The number of hydrogen-bond acceptors (Lipinski definition) is 3. The topological polar surface area (TPSA) is 96.2 Å². The molecular formula is C16H25ClN4O2. The molecule has 1 saturated heterocycles. The third-order valence-electron chi connectivity index (χ3n) is 3.94. The highest BCUT2D eigenvalue weighted by Gasteiger charge is 2.14. The van der Waals surface area contributed by atoms with Gasteiger partial charge in [-0.05, 0) is 56.0 Å². The van der Waals surface area contributed by atoms with Crippen LogP contribution in [0.4, 0.5) is 10.5 Å². The molecule has 6 nitrogen and oxygen atoms in total. The van der Waals surface area contributed by atoms with Gasteiger partial charge in [0.1, 0.15) is 0 Å². The number of urea groups is 1. The lowest BCUT2D eigenvalue weighted by Crippen LogP contribution is -2.28. The van der Waals surface area contributed by atoms with Crippen LogP contribution in [0.5, 0.6) is 0 Å². The normalized spacial score (nSPS) is 14.6. The Morgan fingerprint density at radius 2 is 1.83 bits per heavy atom. The summed E-state index contributed by atoms with van der Waals surface area (Å²) in [5, 5.41) is 8.76. The Morgan fingerprint density at radius 1 is 1.17 bits per heavy atom. The molecule has 0 saturated carbocycles. The van der Waals surface area contributed by atoms with E-state index in [2.05, 4.69) is 16.0 Å². The highest BCUT2D eigenvalue weighted by Crippen LogP contribution is 2.18. The van der Waals surface area contributed by atoms with Gasteiger partial charge < -0.3 is 21.7 Å². The number of carbonyl (C=O) groups is 2. The summed E-state index contributed by atoms with van der Waals surface area (Å²) < 4.78 is 0. The van der Waals surface area contributed by atoms with E-state index < -0.39 is 6.03 Å². The first-order valence-electron chi connectivity index (χ1n) is 7.76. The first-order valence-corrected chi connectivity index (χ1v) is 7.76. The maximum atomic E-state index is 12.0. The average molecular weight is 341 g/mol. The average Bonchev–Trinajstić information content (AvgIpc) is 2.53.